The van der Waals surface area contributed by atoms with Crippen molar-refractivity contribution in [2.24, 2.45) is 5.92 Å². The highest BCUT2D eigenvalue weighted by molar-refractivity contribution is 7.80. The van der Waals surface area contributed by atoms with Gasteiger partial charge in [-0.2, -0.15) is 0 Å². The molecule has 0 aromatic heterocycles. The first-order chi connectivity index (χ1) is 10.1. The molecule has 1 aliphatic rings. The lowest BCUT2D eigenvalue weighted by Gasteiger charge is -2.32. The molecule has 1 fully saturated rings. The van der Waals surface area contributed by atoms with Gasteiger partial charge in [0.1, 0.15) is 5.75 Å². The van der Waals surface area contributed by atoms with Crippen molar-refractivity contribution in [3.05, 3.63) is 29.8 Å². The van der Waals surface area contributed by atoms with E-state index in [1.807, 2.05) is 19.1 Å². The number of benzene rings is 1. The predicted octanol–water partition coefficient (Wildman–Crippen LogP) is 2.83. The van der Waals surface area contributed by atoms with Gasteiger partial charge in [-0.05, 0) is 50.0 Å². The monoisotopic (exact) mass is 306 g/mol. The predicted molar refractivity (Wildman–Crippen MR) is 87.6 cm³/mol. The summed E-state index contributed by atoms with van der Waals surface area (Å²) >= 11 is 5.35. The minimum absolute atomic E-state index is 0.206. The zero-order chi connectivity index (χ0) is 15.2. The van der Waals surface area contributed by atoms with Gasteiger partial charge < -0.3 is 9.64 Å². The van der Waals surface area contributed by atoms with Crippen LogP contribution in [0.3, 0.4) is 0 Å². The Bertz CT molecular complexity index is 511. The number of rotatable bonds is 3. The molecule has 21 heavy (non-hydrogen) atoms. The number of hydrogen-bond donors (Lipinski definition) is 1. The summed E-state index contributed by atoms with van der Waals surface area (Å²) in [6, 6.07) is 7.22. The number of carbonyl (C=O) groups is 1. The molecule has 114 valence electrons. The molecule has 1 heterocycles. The van der Waals surface area contributed by atoms with E-state index in [9.17, 15) is 4.79 Å². The second-order valence-corrected chi connectivity index (χ2v) is 5.74. The highest BCUT2D eigenvalue weighted by Gasteiger charge is 2.20. The molecule has 0 aliphatic carbocycles. The normalized spacial score (nSPS) is 15.6. The molecule has 2 rings (SSSR count). The fourth-order valence-corrected chi connectivity index (χ4v) is 2.67. The van der Waals surface area contributed by atoms with Gasteiger partial charge in [-0.15, -0.1) is 0 Å². The Morgan fingerprint density at radius 2 is 2.05 bits per heavy atom. The Hall–Kier alpha value is -1.62. The molecule has 1 aromatic carbocycles. The van der Waals surface area contributed by atoms with Crippen molar-refractivity contribution in [1.29, 1.82) is 0 Å². The van der Waals surface area contributed by atoms with E-state index in [1.54, 1.807) is 12.1 Å². The Labute approximate surface area is 131 Å². The van der Waals surface area contributed by atoms with Crippen LogP contribution in [0, 0.1) is 5.92 Å². The van der Waals surface area contributed by atoms with Gasteiger partial charge in [0.25, 0.3) is 5.91 Å². The number of nitrogens with one attached hydrogen (secondary N) is 1. The van der Waals surface area contributed by atoms with Gasteiger partial charge in [-0.3, -0.25) is 10.1 Å². The summed E-state index contributed by atoms with van der Waals surface area (Å²) < 4.78 is 5.48. The fourth-order valence-electron chi connectivity index (χ4n) is 2.39. The van der Waals surface area contributed by atoms with Gasteiger partial charge in [0, 0.05) is 13.1 Å². The van der Waals surface area contributed by atoms with Crippen molar-refractivity contribution in [3.8, 4) is 5.75 Å². The zero-order valence-electron chi connectivity index (χ0n) is 12.6. The smallest absolute Gasteiger partial charge is 0.261 e. The summed E-state index contributed by atoms with van der Waals surface area (Å²) in [5.74, 6) is 1.12. The van der Waals surface area contributed by atoms with E-state index in [1.165, 1.54) is 0 Å². The van der Waals surface area contributed by atoms with E-state index in [-0.39, 0.29) is 5.91 Å². The number of hydrogen-bond acceptors (Lipinski definition) is 3. The average Bonchev–Trinajstić information content (AvgIpc) is 2.48. The maximum Gasteiger partial charge on any atom is 0.261 e. The summed E-state index contributed by atoms with van der Waals surface area (Å²) in [7, 11) is 0. The number of para-hydroxylation sites is 1. The van der Waals surface area contributed by atoms with E-state index < -0.39 is 0 Å². The lowest BCUT2D eigenvalue weighted by Crippen LogP contribution is -2.46. The first-order valence-electron chi connectivity index (χ1n) is 7.44. The van der Waals surface area contributed by atoms with Crippen LogP contribution < -0.4 is 10.1 Å². The molecule has 0 bridgehead atoms. The van der Waals surface area contributed by atoms with E-state index in [2.05, 4.69) is 17.1 Å². The SMILES string of the molecule is CCOc1ccccc1C(=O)NC(=S)N1CCC(C)CC1. The molecule has 1 aromatic rings. The lowest BCUT2D eigenvalue weighted by atomic mass is 10.00. The summed E-state index contributed by atoms with van der Waals surface area (Å²) in [5.41, 5.74) is 0.520. The molecule has 1 N–H and O–H groups in total. The van der Waals surface area contributed by atoms with Crippen molar-refractivity contribution in [2.75, 3.05) is 19.7 Å². The van der Waals surface area contributed by atoms with Gasteiger partial charge in [0.05, 0.1) is 12.2 Å². The minimum Gasteiger partial charge on any atom is -0.493 e. The molecule has 0 unspecified atom stereocenters. The number of piperidine rings is 1. The van der Waals surface area contributed by atoms with Gasteiger partial charge >= 0.3 is 0 Å². The number of ether oxygens (including phenoxy) is 1. The van der Waals surface area contributed by atoms with Crippen LogP contribution in [0.15, 0.2) is 24.3 Å². The van der Waals surface area contributed by atoms with E-state index >= 15 is 0 Å². The number of carbonyl (C=O) groups excluding carboxylic acids is 1. The molecule has 0 radical (unpaired) electrons. The summed E-state index contributed by atoms with van der Waals surface area (Å²) in [6.07, 6.45) is 2.23. The number of thiocarbonyl (C=S) groups is 1. The molecule has 0 spiro atoms. The van der Waals surface area contributed by atoms with Crippen LogP contribution >= 0.6 is 12.2 Å². The third-order valence-electron chi connectivity index (χ3n) is 3.72. The van der Waals surface area contributed by atoms with Gasteiger partial charge in [0.2, 0.25) is 0 Å². The van der Waals surface area contributed by atoms with Crippen LogP contribution in [-0.4, -0.2) is 35.6 Å². The zero-order valence-corrected chi connectivity index (χ0v) is 13.4. The minimum atomic E-state index is -0.206. The Morgan fingerprint density at radius 3 is 2.71 bits per heavy atom. The van der Waals surface area contributed by atoms with Crippen LogP contribution in [0.25, 0.3) is 0 Å². The standard InChI is InChI=1S/C16H22N2O2S/c1-3-20-14-7-5-4-6-13(14)15(19)17-16(21)18-10-8-12(2)9-11-18/h4-7,12H,3,8-11H2,1-2H3,(H,17,19,21). The molecule has 5 heteroatoms. The third kappa shape index (κ3) is 4.17. The van der Waals surface area contributed by atoms with Crippen molar-refractivity contribution < 1.29 is 9.53 Å². The van der Waals surface area contributed by atoms with Crippen molar-refractivity contribution in [1.82, 2.24) is 10.2 Å². The van der Waals surface area contributed by atoms with Crippen LogP contribution in [0.5, 0.6) is 5.75 Å². The number of nitrogens with zero attached hydrogens (tertiary/aromatic N) is 1. The molecular weight excluding hydrogens is 284 g/mol. The molecule has 0 saturated carbocycles. The van der Waals surface area contributed by atoms with Crippen LogP contribution in [0.1, 0.15) is 37.0 Å². The van der Waals surface area contributed by atoms with Crippen molar-refractivity contribution in [3.63, 3.8) is 0 Å². The van der Waals surface area contributed by atoms with E-state index in [0.29, 0.717) is 23.0 Å². The fraction of sp³-hybridized carbons (Fsp3) is 0.500. The van der Waals surface area contributed by atoms with Gasteiger partial charge in [-0.25, -0.2) is 0 Å². The van der Waals surface area contributed by atoms with Crippen LogP contribution in [0.2, 0.25) is 0 Å². The maximum atomic E-state index is 12.4. The second-order valence-electron chi connectivity index (χ2n) is 5.36. The quantitative estimate of drug-likeness (QED) is 0.872. The van der Waals surface area contributed by atoms with Crippen LogP contribution in [0.4, 0.5) is 0 Å². The molecule has 4 nitrogen and oxygen atoms in total. The topological polar surface area (TPSA) is 41.6 Å². The highest BCUT2D eigenvalue weighted by atomic mass is 32.1. The Balaban J connectivity index is 1.99. The number of amides is 1. The van der Waals surface area contributed by atoms with Crippen molar-refractivity contribution >= 4 is 23.2 Å². The van der Waals surface area contributed by atoms with E-state index in [0.717, 1.165) is 31.8 Å². The Kier molecular flexibility index (Phi) is 5.56. The third-order valence-corrected chi connectivity index (χ3v) is 4.08. The molecule has 1 amide bonds. The van der Waals surface area contributed by atoms with Gasteiger partial charge in [-0.1, -0.05) is 19.1 Å². The van der Waals surface area contributed by atoms with Gasteiger partial charge in [0.15, 0.2) is 5.11 Å². The van der Waals surface area contributed by atoms with Crippen LogP contribution in [-0.2, 0) is 0 Å². The summed E-state index contributed by atoms with van der Waals surface area (Å²) in [6.45, 7) is 6.49. The first kappa shape index (κ1) is 15.8. The first-order valence-corrected chi connectivity index (χ1v) is 7.84. The highest BCUT2D eigenvalue weighted by Crippen LogP contribution is 2.19. The average molecular weight is 306 g/mol. The Morgan fingerprint density at radius 1 is 1.38 bits per heavy atom. The molecule has 1 aliphatic heterocycles. The largest absolute Gasteiger partial charge is 0.493 e. The number of likely N-dealkylation sites (tertiary alicyclic amines) is 1. The maximum absolute atomic E-state index is 12.4. The molecule has 0 atom stereocenters. The van der Waals surface area contributed by atoms with E-state index in [4.69, 9.17) is 17.0 Å². The van der Waals surface area contributed by atoms with Crippen molar-refractivity contribution in [2.45, 2.75) is 26.7 Å². The molecule has 1 saturated heterocycles. The second kappa shape index (κ2) is 7.41. The molecular formula is C16H22N2O2S. The summed E-state index contributed by atoms with van der Waals surface area (Å²) in [5, 5.41) is 3.33. The lowest BCUT2D eigenvalue weighted by molar-refractivity contribution is 0.0968. The summed E-state index contributed by atoms with van der Waals surface area (Å²) in [4.78, 5) is 14.4.